The van der Waals surface area contributed by atoms with Crippen molar-refractivity contribution in [3.05, 3.63) is 59.4 Å². The highest BCUT2D eigenvalue weighted by molar-refractivity contribution is 6.32. The molecule has 1 aromatic carbocycles. The van der Waals surface area contributed by atoms with Crippen molar-refractivity contribution in [2.75, 3.05) is 33.3 Å². The minimum Gasteiger partial charge on any atom is -0.492 e. The Hall–Kier alpha value is -2.11. The number of nitrogens with one attached hydrogen (secondary N) is 1. The molecule has 0 fully saturated rings. The first-order chi connectivity index (χ1) is 13.4. The van der Waals surface area contributed by atoms with Gasteiger partial charge in [0.2, 0.25) is 5.91 Å². The Bertz CT molecular complexity index is 738. The summed E-state index contributed by atoms with van der Waals surface area (Å²) < 4.78 is 5.77. The van der Waals surface area contributed by atoms with Crippen molar-refractivity contribution in [1.82, 2.24) is 15.2 Å². The third-order valence-electron chi connectivity index (χ3n) is 4.37. The predicted molar refractivity (Wildman–Crippen MR) is 114 cm³/mol. The second-order valence-electron chi connectivity index (χ2n) is 7.68. The molecular weight excluding hydrogens is 374 g/mol. The number of hydrogen-bond donors (Lipinski definition) is 1. The van der Waals surface area contributed by atoms with Gasteiger partial charge in [-0.3, -0.25) is 9.78 Å². The van der Waals surface area contributed by atoms with Crippen molar-refractivity contribution >= 4 is 17.5 Å². The van der Waals surface area contributed by atoms with Crippen LogP contribution in [0.1, 0.15) is 25.8 Å². The van der Waals surface area contributed by atoms with E-state index in [9.17, 15) is 4.79 Å². The number of hydrogen-bond acceptors (Lipinski definition) is 4. The smallest absolute Gasteiger partial charge is 0.227 e. The van der Waals surface area contributed by atoms with Gasteiger partial charge in [-0.25, -0.2) is 0 Å². The monoisotopic (exact) mass is 403 g/mol. The van der Waals surface area contributed by atoms with Gasteiger partial charge in [-0.05, 0) is 42.6 Å². The lowest BCUT2D eigenvalue weighted by atomic mass is 9.92. The number of carbonyl (C=O) groups excluding carboxylic acids is 1. The van der Waals surface area contributed by atoms with Crippen LogP contribution in [0.25, 0.3) is 0 Å². The van der Waals surface area contributed by atoms with E-state index in [2.05, 4.69) is 24.1 Å². The van der Waals surface area contributed by atoms with E-state index < -0.39 is 0 Å². The number of para-hydroxylation sites is 1. The fourth-order valence-electron chi connectivity index (χ4n) is 3.13. The van der Waals surface area contributed by atoms with Gasteiger partial charge in [-0.1, -0.05) is 43.6 Å². The van der Waals surface area contributed by atoms with Crippen molar-refractivity contribution in [1.29, 1.82) is 0 Å². The summed E-state index contributed by atoms with van der Waals surface area (Å²) >= 11 is 6.13. The second-order valence-corrected chi connectivity index (χ2v) is 8.09. The van der Waals surface area contributed by atoms with E-state index in [0.717, 1.165) is 18.5 Å². The number of nitrogens with zero attached hydrogens (tertiary/aromatic N) is 2. The zero-order chi connectivity index (χ0) is 20.4. The molecule has 0 saturated heterocycles. The first-order valence-electron chi connectivity index (χ1n) is 9.60. The summed E-state index contributed by atoms with van der Waals surface area (Å²) in [5.41, 5.74) is 0.902. The third-order valence-corrected chi connectivity index (χ3v) is 4.68. The highest BCUT2D eigenvalue weighted by atomic mass is 35.5. The van der Waals surface area contributed by atoms with Crippen LogP contribution in [0.3, 0.4) is 0 Å². The van der Waals surface area contributed by atoms with Gasteiger partial charge in [0.1, 0.15) is 5.75 Å². The highest BCUT2D eigenvalue weighted by Gasteiger charge is 2.24. The molecule has 0 aliphatic heterocycles. The molecule has 2 rings (SSSR count). The Morgan fingerprint density at radius 3 is 2.71 bits per heavy atom. The van der Waals surface area contributed by atoms with Crippen LogP contribution in [-0.4, -0.2) is 49.1 Å². The maximum atomic E-state index is 12.9. The van der Waals surface area contributed by atoms with Gasteiger partial charge in [-0.2, -0.15) is 0 Å². The topological polar surface area (TPSA) is 54.5 Å². The molecule has 0 atom stereocenters. The maximum absolute atomic E-state index is 12.9. The van der Waals surface area contributed by atoms with Crippen molar-refractivity contribution in [3.63, 3.8) is 0 Å². The molecule has 0 spiro atoms. The third kappa shape index (κ3) is 7.49. The Kier molecular flexibility index (Phi) is 8.74. The van der Waals surface area contributed by atoms with Crippen LogP contribution in [0.15, 0.2) is 48.8 Å². The molecular formula is C22H30ClN3O2. The Morgan fingerprint density at radius 2 is 2.04 bits per heavy atom. The molecule has 0 unspecified atom stereocenters. The number of rotatable bonds is 11. The molecule has 0 aliphatic rings. The molecule has 28 heavy (non-hydrogen) atoms. The van der Waals surface area contributed by atoms with E-state index >= 15 is 0 Å². The maximum Gasteiger partial charge on any atom is 0.227 e. The standard InChI is InChI=1S/C22H30ClN3O2/c1-22(2,16-24-3)17-26(21(27)14-18-8-6-11-25-15-18)12-7-13-28-20-10-5-4-9-19(20)23/h4-6,8-11,15,24H,7,12-14,16-17H2,1-3H3. The lowest BCUT2D eigenvalue weighted by Gasteiger charge is -2.33. The van der Waals surface area contributed by atoms with Crippen LogP contribution in [0.2, 0.25) is 5.02 Å². The van der Waals surface area contributed by atoms with Gasteiger partial charge < -0.3 is 15.0 Å². The van der Waals surface area contributed by atoms with Crippen LogP contribution >= 0.6 is 11.6 Å². The molecule has 2 aromatic rings. The first kappa shape index (κ1) is 22.2. The average Bonchev–Trinajstić information content (AvgIpc) is 2.66. The summed E-state index contributed by atoms with van der Waals surface area (Å²) in [5, 5.41) is 3.81. The van der Waals surface area contributed by atoms with Gasteiger partial charge in [0, 0.05) is 32.0 Å². The number of benzene rings is 1. The van der Waals surface area contributed by atoms with Crippen molar-refractivity contribution in [2.24, 2.45) is 5.41 Å². The number of ether oxygens (including phenoxy) is 1. The molecule has 1 heterocycles. The van der Waals surface area contributed by atoms with Crippen LogP contribution in [0.4, 0.5) is 0 Å². The molecule has 6 heteroatoms. The molecule has 0 saturated carbocycles. The van der Waals surface area contributed by atoms with E-state index in [-0.39, 0.29) is 11.3 Å². The first-order valence-corrected chi connectivity index (χ1v) is 9.98. The predicted octanol–water partition coefficient (Wildman–Crippen LogP) is 3.82. The number of aromatic nitrogens is 1. The van der Waals surface area contributed by atoms with Crippen LogP contribution in [0.5, 0.6) is 5.75 Å². The number of carbonyl (C=O) groups is 1. The number of pyridine rings is 1. The Morgan fingerprint density at radius 1 is 1.25 bits per heavy atom. The summed E-state index contributed by atoms with van der Waals surface area (Å²) in [6.07, 6.45) is 4.55. The molecule has 1 N–H and O–H groups in total. The van der Waals surface area contributed by atoms with Crippen LogP contribution < -0.4 is 10.1 Å². The SMILES string of the molecule is CNCC(C)(C)CN(CCCOc1ccccc1Cl)C(=O)Cc1cccnc1. The lowest BCUT2D eigenvalue weighted by molar-refractivity contribution is -0.132. The molecule has 5 nitrogen and oxygen atoms in total. The average molecular weight is 404 g/mol. The van der Waals surface area contributed by atoms with Crippen molar-refractivity contribution < 1.29 is 9.53 Å². The van der Waals surface area contributed by atoms with E-state index in [4.69, 9.17) is 16.3 Å². The van der Waals surface area contributed by atoms with Gasteiger partial charge >= 0.3 is 0 Å². The zero-order valence-electron chi connectivity index (χ0n) is 17.0. The summed E-state index contributed by atoms with van der Waals surface area (Å²) in [7, 11) is 1.93. The van der Waals surface area contributed by atoms with E-state index in [1.165, 1.54) is 0 Å². The van der Waals surface area contributed by atoms with Crippen LogP contribution in [-0.2, 0) is 11.2 Å². The van der Waals surface area contributed by atoms with Crippen molar-refractivity contribution in [2.45, 2.75) is 26.7 Å². The quantitative estimate of drug-likeness (QED) is 0.579. The number of halogens is 1. The molecule has 1 aromatic heterocycles. The number of amides is 1. The molecule has 0 bridgehead atoms. The van der Waals surface area contributed by atoms with Gasteiger partial charge in [-0.15, -0.1) is 0 Å². The lowest BCUT2D eigenvalue weighted by Crippen LogP contribution is -2.44. The molecule has 0 aliphatic carbocycles. The second kappa shape index (κ2) is 11.0. The normalized spacial score (nSPS) is 11.3. The molecule has 0 radical (unpaired) electrons. The zero-order valence-corrected chi connectivity index (χ0v) is 17.7. The van der Waals surface area contributed by atoms with Gasteiger partial charge in [0.25, 0.3) is 0 Å². The summed E-state index contributed by atoms with van der Waals surface area (Å²) in [5.74, 6) is 0.780. The fraction of sp³-hybridized carbons (Fsp3) is 0.455. The summed E-state index contributed by atoms with van der Waals surface area (Å²) in [4.78, 5) is 19.0. The Balaban J connectivity index is 1.95. The van der Waals surface area contributed by atoms with Gasteiger partial charge in [0.05, 0.1) is 18.1 Å². The minimum absolute atomic E-state index is 0.0249. The Labute approximate surface area is 173 Å². The largest absolute Gasteiger partial charge is 0.492 e. The van der Waals surface area contributed by atoms with Crippen molar-refractivity contribution in [3.8, 4) is 5.75 Å². The fourth-order valence-corrected chi connectivity index (χ4v) is 3.32. The van der Waals surface area contributed by atoms with Gasteiger partial charge in [0.15, 0.2) is 0 Å². The minimum atomic E-state index is -0.0249. The van der Waals surface area contributed by atoms with Crippen LogP contribution in [0, 0.1) is 5.41 Å². The van der Waals surface area contributed by atoms with E-state index in [0.29, 0.717) is 36.9 Å². The molecule has 152 valence electrons. The summed E-state index contributed by atoms with van der Waals surface area (Å²) in [6.45, 7) is 6.98. The van der Waals surface area contributed by atoms with E-state index in [1.807, 2.05) is 42.3 Å². The van der Waals surface area contributed by atoms with E-state index in [1.54, 1.807) is 18.5 Å². The molecule has 1 amide bonds. The highest BCUT2D eigenvalue weighted by Crippen LogP contribution is 2.23. The summed E-state index contributed by atoms with van der Waals surface area (Å²) in [6, 6.07) is 11.2.